The van der Waals surface area contributed by atoms with Crippen LogP contribution in [0.3, 0.4) is 0 Å². The van der Waals surface area contributed by atoms with Crippen molar-refractivity contribution in [3.05, 3.63) is 53.6 Å². The first kappa shape index (κ1) is 22.1. The number of hydrogen-bond acceptors (Lipinski definition) is 4. The second-order valence-electron chi connectivity index (χ2n) is 10.8. The first-order valence-electron chi connectivity index (χ1n) is 12.2. The molecule has 33 heavy (non-hydrogen) atoms. The predicted octanol–water partition coefficient (Wildman–Crippen LogP) is 5.87. The van der Waals surface area contributed by atoms with Crippen LogP contribution in [-0.2, 0) is 14.3 Å². The summed E-state index contributed by atoms with van der Waals surface area (Å²) in [5.74, 6) is 1.47. The Bertz CT molecular complexity index is 1060. The topological polar surface area (TPSA) is 72.5 Å². The minimum absolute atomic E-state index is 0.0965. The molecule has 5 nitrogen and oxygen atoms in total. The van der Waals surface area contributed by atoms with Crippen molar-refractivity contribution in [1.29, 1.82) is 0 Å². The van der Waals surface area contributed by atoms with E-state index in [1.54, 1.807) is 6.92 Å². The van der Waals surface area contributed by atoms with Crippen molar-refractivity contribution in [1.82, 2.24) is 0 Å². The molecule has 4 aliphatic rings. The largest absolute Gasteiger partial charge is 0.442 e. The number of para-hydroxylation sites is 1. The van der Waals surface area contributed by atoms with Crippen LogP contribution in [0.25, 0.3) is 0 Å². The van der Waals surface area contributed by atoms with Crippen LogP contribution in [0.2, 0.25) is 0 Å². The van der Waals surface area contributed by atoms with Gasteiger partial charge in [-0.3, -0.25) is 14.9 Å². The van der Waals surface area contributed by atoms with E-state index in [0.29, 0.717) is 29.9 Å². The average Bonchev–Trinajstić information content (AvgIpc) is 3.13. The Morgan fingerprint density at radius 2 is 1.76 bits per heavy atom. The minimum atomic E-state index is -0.491. The number of Topliss-reactive ketones (excluding diaryl/α,β-unsaturated/α-hetero) is 2. The third-order valence-electron chi connectivity index (χ3n) is 9.13. The normalized spacial score (nSPS) is 37.1. The third kappa shape index (κ3) is 3.56. The van der Waals surface area contributed by atoms with Gasteiger partial charge >= 0.3 is 6.09 Å². The van der Waals surface area contributed by atoms with E-state index in [2.05, 4.69) is 25.2 Å². The number of benzene rings is 1. The molecular formula is C28H33NO4. The maximum Gasteiger partial charge on any atom is 0.412 e. The Morgan fingerprint density at radius 1 is 1.03 bits per heavy atom. The molecule has 4 aliphatic carbocycles. The molecule has 0 radical (unpaired) electrons. The van der Waals surface area contributed by atoms with Gasteiger partial charge in [-0.05, 0) is 91.4 Å². The third-order valence-corrected chi connectivity index (χ3v) is 9.13. The van der Waals surface area contributed by atoms with Crippen LogP contribution in [0, 0.1) is 28.6 Å². The quantitative estimate of drug-likeness (QED) is 0.629. The molecule has 1 N–H and O–H groups in total. The number of anilines is 1. The fourth-order valence-corrected chi connectivity index (χ4v) is 7.53. The number of amides is 1. The molecule has 0 unspecified atom stereocenters. The predicted molar refractivity (Wildman–Crippen MR) is 127 cm³/mol. The summed E-state index contributed by atoms with van der Waals surface area (Å²) >= 11 is 0. The van der Waals surface area contributed by atoms with Crippen molar-refractivity contribution in [3.8, 4) is 0 Å². The van der Waals surface area contributed by atoms with Gasteiger partial charge in [0, 0.05) is 17.7 Å². The molecule has 0 aliphatic heterocycles. The van der Waals surface area contributed by atoms with Crippen LogP contribution < -0.4 is 5.32 Å². The van der Waals surface area contributed by atoms with Gasteiger partial charge in [-0.1, -0.05) is 38.1 Å². The van der Waals surface area contributed by atoms with E-state index in [1.165, 1.54) is 0 Å². The summed E-state index contributed by atoms with van der Waals surface area (Å²) in [6.07, 6.45) is 8.22. The monoisotopic (exact) mass is 447 g/mol. The molecule has 1 amide bonds. The summed E-state index contributed by atoms with van der Waals surface area (Å²) in [5, 5.41) is 2.76. The second kappa shape index (κ2) is 7.96. The number of fused-ring (bicyclic) bond motifs is 5. The van der Waals surface area contributed by atoms with Crippen molar-refractivity contribution in [2.75, 3.05) is 5.32 Å². The van der Waals surface area contributed by atoms with Crippen molar-refractivity contribution in [3.63, 3.8) is 0 Å². The van der Waals surface area contributed by atoms with Crippen LogP contribution in [0.4, 0.5) is 10.5 Å². The number of ether oxygens (including phenoxy) is 1. The molecule has 1 aromatic carbocycles. The molecule has 0 heterocycles. The lowest BCUT2D eigenvalue weighted by Crippen LogP contribution is -2.53. The Hall–Kier alpha value is -2.69. The fourth-order valence-electron chi connectivity index (χ4n) is 7.53. The maximum atomic E-state index is 13.4. The van der Waals surface area contributed by atoms with E-state index in [1.807, 2.05) is 36.4 Å². The molecule has 2 fully saturated rings. The van der Waals surface area contributed by atoms with Gasteiger partial charge in [0.05, 0.1) is 0 Å². The van der Waals surface area contributed by atoms with Crippen molar-refractivity contribution < 1.29 is 19.1 Å². The zero-order chi connectivity index (χ0) is 23.4. The summed E-state index contributed by atoms with van der Waals surface area (Å²) in [6, 6.07) is 9.23. The number of hydrogen-bond donors (Lipinski definition) is 1. The van der Waals surface area contributed by atoms with Crippen LogP contribution in [0.15, 0.2) is 53.6 Å². The van der Waals surface area contributed by atoms with E-state index in [0.717, 1.165) is 43.3 Å². The smallest absolute Gasteiger partial charge is 0.412 e. The van der Waals surface area contributed by atoms with E-state index >= 15 is 0 Å². The molecule has 1 aromatic rings. The van der Waals surface area contributed by atoms with Gasteiger partial charge in [0.1, 0.15) is 6.10 Å². The van der Waals surface area contributed by atoms with Gasteiger partial charge < -0.3 is 4.74 Å². The molecule has 2 saturated carbocycles. The Morgan fingerprint density at radius 3 is 2.48 bits per heavy atom. The zero-order valence-electron chi connectivity index (χ0n) is 19.7. The van der Waals surface area contributed by atoms with Crippen molar-refractivity contribution in [2.24, 2.45) is 28.6 Å². The lowest BCUT2D eigenvalue weighted by atomic mass is 9.46. The van der Waals surface area contributed by atoms with Crippen molar-refractivity contribution in [2.45, 2.75) is 65.4 Å². The number of nitrogens with one attached hydrogen (secondary N) is 1. The zero-order valence-corrected chi connectivity index (χ0v) is 19.7. The first-order valence-corrected chi connectivity index (χ1v) is 12.2. The molecule has 5 heteroatoms. The van der Waals surface area contributed by atoms with E-state index < -0.39 is 6.09 Å². The molecule has 174 valence electrons. The van der Waals surface area contributed by atoms with Crippen molar-refractivity contribution >= 4 is 23.3 Å². The molecule has 0 spiro atoms. The van der Waals surface area contributed by atoms with Gasteiger partial charge in [0.2, 0.25) is 0 Å². The fraction of sp³-hybridized carbons (Fsp3) is 0.536. The van der Waals surface area contributed by atoms with Crippen LogP contribution in [-0.4, -0.2) is 23.8 Å². The molecule has 0 saturated heterocycles. The minimum Gasteiger partial charge on any atom is -0.442 e. The van der Waals surface area contributed by atoms with E-state index in [-0.39, 0.29) is 28.5 Å². The highest BCUT2D eigenvalue weighted by Crippen LogP contribution is 2.64. The first-order chi connectivity index (χ1) is 15.7. The molecule has 0 bridgehead atoms. The highest BCUT2D eigenvalue weighted by Gasteiger charge is 2.59. The number of allylic oxidation sites excluding steroid dienone is 3. The summed E-state index contributed by atoms with van der Waals surface area (Å²) in [6.45, 7) is 6.15. The van der Waals surface area contributed by atoms with Gasteiger partial charge in [-0.2, -0.15) is 0 Å². The van der Waals surface area contributed by atoms with Gasteiger partial charge in [-0.25, -0.2) is 4.79 Å². The average molecular weight is 448 g/mol. The van der Waals surface area contributed by atoms with E-state index in [9.17, 15) is 14.4 Å². The summed E-state index contributed by atoms with van der Waals surface area (Å²) in [5.41, 5.74) is 2.24. The standard InChI is InChI=1S/C28H33NO4/c1-17(30)21-9-10-22-20-16-25(31)24-15-19(33-26(32)29-18-7-5-4-6-8-18)11-13-28(24,3)23(20)12-14-27(21,22)2/h4-9,15,19-20,22-23H,10-14,16H2,1-3H3,(H,29,32)/t19-,20-,22-,23-,27+,28+/m0/s1. The lowest BCUT2D eigenvalue weighted by Gasteiger charge is -2.57. The molecule has 0 aromatic heterocycles. The summed E-state index contributed by atoms with van der Waals surface area (Å²) in [4.78, 5) is 38.1. The Labute approximate surface area is 195 Å². The summed E-state index contributed by atoms with van der Waals surface area (Å²) in [7, 11) is 0. The number of rotatable bonds is 3. The van der Waals surface area contributed by atoms with E-state index in [4.69, 9.17) is 4.74 Å². The number of carbonyl (C=O) groups is 3. The molecular weight excluding hydrogens is 414 g/mol. The lowest BCUT2D eigenvalue weighted by molar-refractivity contribution is -0.128. The van der Waals surface area contributed by atoms with Crippen LogP contribution >= 0.6 is 0 Å². The molecule has 5 rings (SSSR count). The Kier molecular flexibility index (Phi) is 5.34. The maximum absolute atomic E-state index is 13.4. The van der Waals surface area contributed by atoms with Gasteiger partial charge in [-0.15, -0.1) is 0 Å². The SMILES string of the molecule is CC(=O)C1=CC[C@H]2[C@@H]3CC(=O)C4=C[C@@H](OC(=O)Nc5ccccc5)CC[C@]4(C)[C@H]3CC[C@]12C. The number of carbonyl (C=O) groups excluding carboxylic acids is 3. The van der Waals surface area contributed by atoms with Gasteiger partial charge in [0.15, 0.2) is 11.6 Å². The highest BCUT2D eigenvalue weighted by atomic mass is 16.6. The van der Waals surface area contributed by atoms with Crippen LogP contribution in [0.5, 0.6) is 0 Å². The number of ketones is 2. The Balaban J connectivity index is 1.34. The van der Waals surface area contributed by atoms with Gasteiger partial charge in [0.25, 0.3) is 0 Å². The second-order valence-corrected chi connectivity index (χ2v) is 10.8. The summed E-state index contributed by atoms with van der Waals surface area (Å²) < 4.78 is 5.67. The van der Waals surface area contributed by atoms with Crippen LogP contribution in [0.1, 0.15) is 59.3 Å². The molecule has 6 atom stereocenters. The highest BCUT2D eigenvalue weighted by molar-refractivity contribution is 5.99.